The van der Waals surface area contributed by atoms with Gasteiger partial charge in [0, 0.05) is 0 Å². The summed E-state index contributed by atoms with van der Waals surface area (Å²) < 4.78 is 0. The Morgan fingerprint density at radius 2 is 0.818 bits per heavy atom. The number of unbranched alkanes of at least 4 members (excludes halogenated alkanes) is 7. The molecule has 70 valence electrons. The molecule has 0 heterocycles. The zero-order valence-electron chi connectivity index (χ0n) is 7.66. The highest BCUT2D eigenvalue weighted by Gasteiger charge is 1.87. The van der Waals surface area contributed by atoms with Crippen LogP contribution in [0.5, 0.6) is 0 Å². The molecule has 0 aliphatic carbocycles. The van der Waals surface area contributed by atoms with Crippen molar-refractivity contribution < 1.29 is 0 Å². The molecule has 11 heavy (non-hydrogen) atoms. The molecule has 0 saturated heterocycles. The molecule has 0 aliphatic heterocycles. The van der Waals surface area contributed by atoms with E-state index in [-0.39, 0.29) is 7.43 Å². The average molecular weight is 158 g/mol. The molecule has 0 bridgehead atoms. The van der Waals surface area contributed by atoms with E-state index in [1.165, 1.54) is 51.4 Å². The van der Waals surface area contributed by atoms with Crippen molar-refractivity contribution in [2.24, 2.45) is 0 Å². The van der Waals surface area contributed by atoms with Crippen molar-refractivity contribution in [3.05, 3.63) is 0 Å². The van der Waals surface area contributed by atoms with Crippen LogP contribution >= 0.6 is 0 Å². The molecule has 0 spiro atoms. The van der Waals surface area contributed by atoms with E-state index in [0.717, 1.165) is 0 Å². The van der Waals surface area contributed by atoms with E-state index in [1.54, 1.807) is 0 Å². The van der Waals surface area contributed by atoms with Crippen molar-refractivity contribution in [2.45, 2.75) is 72.6 Å². The summed E-state index contributed by atoms with van der Waals surface area (Å²) >= 11 is 0. The summed E-state index contributed by atoms with van der Waals surface area (Å²) in [5, 5.41) is 0. The van der Waals surface area contributed by atoms with Crippen molar-refractivity contribution in [1.82, 2.24) is 0 Å². The first-order chi connectivity index (χ1) is 4.91. The minimum absolute atomic E-state index is 0. The van der Waals surface area contributed by atoms with Gasteiger partial charge in [-0.25, -0.2) is 0 Å². The first-order valence-electron chi connectivity index (χ1n) is 4.91. The third-order valence-electron chi connectivity index (χ3n) is 1.96. The van der Waals surface area contributed by atoms with Crippen LogP contribution in [0, 0.1) is 0 Å². The fraction of sp³-hybridized carbons (Fsp3) is 1.00. The third-order valence-corrected chi connectivity index (χ3v) is 1.96. The van der Waals surface area contributed by atoms with Gasteiger partial charge in [0.25, 0.3) is 0 Å². The van der Waals surface area contributed by atoms with Gasteiger partial charge in [0.2, 0.25) is 0 Å². The minimum atomic E-state index is 0. The van der Waals surface area contributed by atoms with Gasteiger partial charge in [-0.1, -0.05) is 72.6 Å². The van der Waals surface area contributed by atoms with Crippen LogP contribution in [0.4, 0.5) is 0 Å². The Morgan fingerprint density at radius 3 is 1.09 bits per heavy atom. The molecule has 0 radical (unpaired) electrons. The zero-order chi connectivity index (χ0) is 7.66. The number of hydrogen-bond acceptors (Lipinski definition) is 0. The molecule has 0 aromatic carbocycles. The molecular formula is C11H26. The quantitative estimate of drug-likeness (QED) is 0.468. The Hall–Kier alpha value is 0. The molecule has 0 fully saturated rings. The van der Waals surface area contributed by atoms with Gasteiger partial charge in [0.15, 0.2) is 0 Å². The average Bonchev–Trinajstić information content (AvgIpc) is 1.97. The van der Waals surface area contributed by atoms with Crippen LogP contribution in [0.1, 0.15) is 72.6 Å². The lowest BCUT2D eigenvalue weighted by atomic mass is 10.1. The van der Waals surface area contributed by atoms with E-state index in [9.17, 15) is 0 Å². The van der Waals surface area contributed by atoms with Gasteiger partial charge < -0.3 is 0 Å². The van der Waals surface area contributed by atoms with Crippen LogP contribution in [0.25, 0.3) is 0 Å². The Bertz CT molecular complexity index is 40.0. The van der Waals surface area contributed by atoms with E-state index in [2.05, 4.69) is 13.8 Å². The highest BCUT2D eigenvalue weighted by molar-refractivity contribution is 4.43. The second-order valence-electron chi connectivity index (χ2n) is 3.12. The maximum Gasteiger partial charge on any atom is -0.0533 e. The van der Waals surface area contributed by atoms with Gasteiger partial charge in [-0.3, -0.25) is 0 Å². The second-order valence-corrected chi connectivity index (χ2v) is 3.12. The first kappa shape index (κ1) is 13.6. The summed E-state index contributed by atoms with van der Waals surface area (Å²) in [5.74, 6) is 0. The molecule has 0 heteroatoms. The van der Waals surface area contributed by atoms with Gasteiger partial charge in [-0.15, -0.1) is 0 Å². The Balaban J connectivity index is 0. The Kier molecular flexibility index (Phi) is 15.6. The molecule has 0 aromatic heterocycles. The molecule has 0 N–H and O–H groups in total. The SMILES string of the molecule is C.CCCCCCCCCC. The summed E-state index contributed by atoms with van der Waals surface area (Å²) in [6.07, 6.45) is 11.5. The maximum absolute atomic E-state index is 2.27. The first-order valence-corrected chi connectivity index (χ1v) is 4.91. The van der Waals surface area contributed by atoms with Gasteiger partial charge in [0.1, 0.15) is 0 Å². The highest BCUT2D eigenvalue weighted by Crippen LogP contribution is 2.07. The van der Waals surface area contributed by atoms with Crippen molar-refractivity contribution in [1.29, 1.82) is 0 Å². The monoisotopic (exact) mass is 158 g/mol. The number of hydrogen-bond donors (Lipinski definition) is 0. The molecule has 0 atom stereocenters. The van der Waals surface area contributed by atoms with Crippen LogP contribution in [0.2, 0.25) is 0 Å². The van der Waals surface area contributed by atoms with Crippen molar-refractivity contribution in [2.75, 3.05) is 0 Å². The van der Waals surface area contributed by atoms with E-state index in [0.29, 0.717) is 0 Å². The van der Waals surface area contributed by atoms with Crippen LogP contribution in [-0.4, -0.2) is 0 Å². The molecule has 0 rings (SSSR count). The largest absolute Gasteiger partial charge is 0.0776 e. The minimum Gasteiger partial charge on any atom is -0.0776 e. The van der Waals surface area contributed by atoms with E-state index in [1.807, 2.05) is 0 Å². The lowest BCUT2D eigenvalue weighted by Gasteiger charge is -1.97. The summed E-state index contributed by atoms with van der Waals surface area (Å²) in [6, 6.07) is 0. The van der Waals surface area contributed by atoms with E-state index < -0.39 is 0 Å². The predicted molar refractivity (Wildman–Crippen MR) is 55.0 cm³/mol. The summed E-state index contributed by atoms with van der Waals surface area (Å²) in [7, 11) is 0. The zero-order valence-corrected chi connectivity index (χ0v) is 7.66. The summed E-state index contributed by atoms with van der Waals surface area (Å²) in [4.78, 5) is 0. The molecule has 0 aliphatic rings. The van der Waals surface area contributed by atoms with Crippen molar-refractivity contribution >= 4 is 0 Å². The van der Waals surface area contributed by atoms with Gasteiger partial charge in [-0.2, -0.15) is 0 Å². The summed E-state index contributed by atoms with van der Waals surface area (Å²) in [5.41, 5.74) is 0. The van der Waals surface area contributed by atoms with Crippen LogP contribution in [-0.2, 0) is 0 Å². The van der Waals surface area contributed by atoms with E-state index in [4.69, 9.17) is 0 Å². The van der Waals surface area contributed by atoms with Crippen molar-refractivity contribution in [3.63, 3.8) is 0 Å². The predicted octanol–water partition coefficient (Wildman–Crippen LogP) is 4.78. The Morgan fingerprint density at radius 1 is 0.545 bits per heavy atom. The van der Waals surface area contributed by atoms with Gasteiger partial charge in [0.05, 0.1) is 0 Å². The number of rotatable bonds is 7. The normalized spacial score (nSPS) is 9.27. The third kappa shape index (κ3) is 13.1. The van der Waals surface area contributed by atoms with Crippen LogP contribution in [0.3, 0.4) is 0 Å². The lowest BCUT2D eigenvalue weighted by Crippen LogP contribution is -1.77. The van der Waals surface area contributed by atoms with Crippen LogP contribution in [0.15, 0.2) is 0 Å². The molecule has 0 unspecified atom stereocenters. The molecular weight excluding hydrogens is 132 g/mol. The topological polar surface area (TPSA) is 0 Å². The van der Waals surface area contributed by atoms with Gasteiger partial charge in [-0.05, 0) is 0 Å². The fourth-order valence-corrected chi connectivity index (χ4v) is 1.21. The molecule has 0 saturated carbocycles. The van der Waals surface area contributed by atoms with Crippen molar-refractivity contribution in [3.8, 4) is 0 Å². The Labute approximate surface area is 73.4 Å². The second kappa shape index (κ2) is 12.7. The van der Waals surface area contributed by atoms with Crippen LogP contribution < -0.4 is 0 Å². The van der Waals surface area contributed by atoms with E-state index >= 15 is 0 Å². The smallest absolute Gasteiger partial charge is 0.0533 e. The molecule has 0 nitrogen and oxygen atoms in total. The standard InChI is InChI=1S/C10H22.CH4/c1-3-5-7-9-10-8-6-4-2;/h3-10H2,1-2H3;1H4. The fourth-order valence-electron chi connectivity index (χ4n) is 1.21. The molecule has 0 aromatic rings. The summed E-state index contributed by atoms with van der Waals surface area (Å²) in [6.45, 7) is 4.54. The lowest BCUT2D eigenvalue weighted by molar-refractivity contribution is 0.585. The van der Waals surface area contributed by atoms with Gasteiger partial charge >= 0.3 is 0 Å². The molecule has 0 amide bonds. The highest BCUT2D eigenvalue weighted by atomic mass is 13.9. The maximum atomic E-state index is 2.27.